The summed E-state index contributed by atoms with van der Waals surface area (Å²) in [6, 6.07) is 7.28. The molecule has 0 saturated carbocycles. The van der Waals surface area contributed by atoms with Crippen molar-refractivity contribution in [2.45, 2.75) is 19.6 Å². The van der Waals surface area contributed by atoms with Gasteiger partial charge in [0.05, 0.1) is 19.3 Å². The van der Waals surface area contributed by atoms with Crippen molar-refractivity contribution in [2.24, 2.45) is 5.92 Å². The van der Waals surface area contributed by atoms with Crippen LogP contribution in [-0.2, 0) is 16.0 Å². The predicted molar refractivity (Wildman–Crippen MR) is 108 cm³/mol. The molecular formula is C20H26ClN3O5. The van der Waals surface area contributed by atoms with E-state index in [1.165, 1.54) is 10.7 Å². The Balaban J connectivity index is 1.84. The first-order chi connectivity index (χ1) is 14.0. The molecule has 2 aromatic rings. The van der Waals surface area contributed by atoms with Gasteiger partial charge in [0.1, 0.15) is 12.3 Å². The minimum atomic E-state index is -1.06. The number of carboxylic acids is 1. The Bertz CT molecular complexity index is 842. The molecule has 0 amide bonds. The van der Waals surface area contributed by atoms with Crippen molar-refractivity contribution < 1.29 is 24.1 Å². The van der Waals surface area contributed by atoms with Gasteiger partial charge in [0, 0.05) is 43.8 Å². The number of carboxylic acid groups (broad SMARTS) is 1. The van der Waals surface area contributed by atoms with Crippen molar-refractivity contribution in [3.63, 3.8) is 0 Å². The highest BCUT2D eigenvalue weighted by Crippen LogP contribution is 2.31. The molecule has 1 aromatic heterocycles. The zero-order valence-corrected chi connectivity index (χ0v) is 17.3. The Hall–Kier alpha value is -2.13. The number of hydrogen-bond acceptors (Lipinski definition) is 6. The Labute approximate surface area is 174 Å². The Morgan fingerprint density at radius 1 is 1.41 bits per heavy atom. The number of aromatic carboxylic acids is 1. The van der Waals surface area contributed by atoms with Gasteiger partial charge in [0.25, 0.3) is 0 Å². The molecule has 0 aliphatic carbocycles. The van der Waals surface area contributed by atoms with Crippen LogP contribution in [0.25, 0.3) is 0 Å². The average Bonchev–Trinajstić information content (AvgIpc) is 2.95. The van der Waals surface area contributed by atoms with Crippen molar-refractivity contribution in [1.29, 1.82) is 0 Å². The zero-order valence-electron chi connectivity index (χ0n) is 16.6. The molecule has 1 aromatic carbocycles. The highest BCUT2D eigenvalue weighted by atomic mass is 35.5. The summed E-state index contributed by atoms with van der Waals surface area (Å²) < 4.78 is 18.0. The minimum absolute atomic E-state index is 0.0251. The average molecular weight is 424 g/mol. The fourth-order valence-corrected chi connectivity index (χ4v) is 3.51. The van der Waals surface area contributed by atoms with Crippen LogP contribution in [0.4, 0.5) is 0 Å². The maximum absolute atomic E-state index is 11.7. The van der Waals surface area contributed by atoms with Crippen molar-refractivity contribution in [2.75, 3.05) is 40.0 Å². The number of ether oxygens (including phenoxy) is 3. The lowest BCUT2D eigenvalue weighted by Gasteiger charge is -2.26. The lowest BCUT2D eigenvalue weighted by Crippen LogP contribution is -2.29. The molecule has 2 heterocycles. The summed E-state index contributed by atoms with van der Waals surface area (Å²) in [6.07, 6.45) is -0.204. The fourth-order valence-electron chi connectivity index (χ4n) is 3.39. The van der Waals surface area contributed by atoms with Gasteiger partial charge in [0.2, 0.25) is 5.88 Å². The molecule has 8 nitrogen and oxygen atoms in total. The van der Waals surface area contributed by atoms with Crippen LogP contribution in [0.5, 0.6) is 5.88 Å². The summed E-state index contributed by atoms with van der Waals surface area (Å²) in [5.41, 5.74) is 2.07. The number of methoxy groups -OCH3 is 1. The maximum atomic E-state index is 11.7. The van der Waals surface area contributed by atoms with E-state index in [-0.39, 0.29) is 23.6 Å². The summed E-state index contributed by atoms with van der Waals surface area (Å²) in [7, 11) is 1.57. The molecule has 9 heteroatoms. The van der Waals surface area contributed by atoms with Crippen LogP contribution in [0.15, 0.2) is 24.3 Å². The van der Waals surface area contributed by atoms with Crippen molar-refractivity contribution in [1.82, 2.24) is 15.1 Å². The van der Waals surface area contributed by atoms with Gasteiger partial charge >= 0.3 is 5.97 Å². The third kappa shape index (κ3) is 5.48. The van der Waals surface area contributed by atoms with Crippen molar-refractivity contribution in [3.05, 3.63) is 46.1 Å². The van der Waals surface area contributed by atoms with Crippen molar-refractivity contribution >= 4 is 17.6 Å². The normalized spacial score (nSPS) is 19.7. The Kier molecular flexibility index (Phi) is 7.49. The SMILES string of the molecule is COCCOc1cc(C(=O)O)n(C[C@@H]2CNCCO[C@H]2c2ccc(Cl)c(C)c2)n1. The monoisotopic (exact) mass is 423 g/mol. The summed E-state index contributed by atoms with van der Waals surface area (Å²) in [4.78, 5) is 11.7. The molecule has 0 bridgehead atoms. The van der Waals surface area contributed by atoms with E-state index < -0.39 is 5.97 Å². The van der Waals surface area contributed by atoms with E-state index in [0.29, 0.717) is 37.9 Å². The first kappa shape index (κ1) is 21.6. The number of rotatable bonds is 8. The molecule has 1 aliphatic rings. The standard InChI is InChI=1S/C20H26ClN3O5/c1-13-9-14(3-4-16(13)21)19-15(11-22-5-6-29-19)12-24-17(20(25)26)10-18(23-24)28-8-7-27-2/h3-4,9-10,15,19,22H,5-8,11-12H2,1-2H3,(H,25,26)/t15-,19-/m0/s1. The van der Waals surface area contributed by atoms with Crippen LogP contribution in [0, 0.1) is 12.8 Å². The number of aromatic nitrogens is 2. The van der Waals surface area contributed by atoms with Gasteiger partial charge in [-0.1, -0.05) is 23.7 Å². The van der Waals surface area contributed by atoms with Gasteiger partial charge in [-0.2, -0.15) is 0 Å². The van der Waals surface area contributed by atoms with Crippen LogP contribution in [0.2, 0.25) is 5.02 Å². The van der Waals surface area contributed by atoms with Gasteiger partial charge < -0.3 is 24.6 Å². The van der Waals surface area contributed by atoms with E-state index in [1.807, 2.05) is 25.1 Å². The summed E-state index contributed by atoms with van der Waals surface area (Å²) in [6.45, 7) is 4.99. The van der Waals surface area contributed by atoms with Gasteiger partial charge in [0.15, 0.2) is 0 Å². The number of hydrogen-bond donors (Lipinski definition) is 2. The smallest absolute Gasteiger partial charge is 0.354 e. The van der Waals surface area contributed by atoms with Crippen molar-refractivity contribution in [3.8, 4) is 5.88 Å². The zero-order chi connectivity index (χ0) is 20.8. The molecule has 1 saturated heterocycles. The lowest BCUT2D eigenvalue weighted by atomic mass is 9.94. The fraction of sp³-hybridized carbons (Fsp3) is 0.500. The second-order valence-electron chi connectivity index (χ2n) is 6.96. The van der Waals surface area contributed by atoms with Gasteiger partial charge in [-0.25, -0.2) is 4.79 Å². The first-order valence-electron chi connectivity index (χ1n) is 9.51. The third-order valence-corrected chi connectivity index (χ3v) is 5.27. The number of halogens is 1. The molecular weight excluding hydrogens is 398 g/mol. The van der Waals surface area contributed by atoms with E-state index in [9.17, 15) is 9.90 Å². The molecule has 1 aliphatic heterocycles. The number of benzene rings is 1. The first-order valence-corrected chi connectivity index (χ1v) is 9.88. The second-order valence-corrected chi connectivity index (χ2v) is 7.37. The summed E-state index contributed by atoms with van der Waals surface area (Å²) >= 11 is 6.17. The maximum Gasteiger partial charge on any atom is 0.354 e. The predicted octanol–water partition coefficient (Wildman–Crippen LogP) is 2.55. The minimum Gasteiger partial charge on any atom is -0.477 e. The molecule has 2 N–H and O–H groups in total. The summed E-state index contributed by atoms with van der Waals surface area (Å²) in [5, 5.41) is 18.0. The van der Waals surface area contributed by atoms with E-state index in [2.05, 4.69) is 10.4 Å². The number of nitrogens with one attached hydrogen (secondary N) is 1. The van der Waals surface area contributed by atoms with E-state index in [1.54, 1.807) is 7.11 Å². The molecule has 0 spiro atoms. The van der Waals surface area contributed by atoms with E-state index in [4.69, 9.17) is 25.8 Å². The van der Waals surface area contributed by atoms with E-state index in [0.717, 1.165) is 17.7 Å². The Morgan fingerprint density at radius 3 is 2.97 bits per heavy atom. The molecule has 0 unspecified atom stereocenters. The number of aryl methyl sites for hydroxylation is 1. The largest absolute Gasteiger partial charge is 0.477 e. The number of nitrogens with zero attached hydrogens (tertiary/aromatic N) is 2. The molecule has 3 rings (SSSR count). The molecule has 29 heavy (non-hydrogen) atoms. The van der Waals surface area contributed by atoms with Crippen LogP contribution in [-0.4, -0.2) is 60.9 Å². The molecule has 2 atom stereocenters. The highest BCUT2D eigenvalue weighted by molar-refractivity contribution is 6.31. The molecule has 1 fully saturated rings. The van der Waals surface area contributed by atoms with Gasteiger partial charge in [-0.15, -0.1) is 5.10 Å². The Morgan fingerprint density at radius 2 is 2.24 bits per heavy atom. The quantitative estimate of drug-likeness (QED) is 0.630. The van der Waals surface area contributed by atoms with Crippen LogP contribution in [0.1, 0.15) is 27.7 Å². The molecule has 158 valence electrons. The van der Waals surface area contributed by atoms with Crippen LogP contribution < -0.4 is 10.1 Å². The highest BCUT2D eigenvalue weighted by Gasteiger charge is 2.29. The lowest BCUT2D eigenvalue weighted by molar-refractivity contribution is 0.0235. The molecule has 0 radical (unpaired) electrons. The van der Waals surface area contributed by atoms with Crippen LogP contribution in [0.3, 0.4) is 0 Å². The van der Waals surface area contributed by atoms with Gasteiger partial charge in [-0.3, -0.25) is 4.68 Å². The topological polar surface area (TPSA) is 94.8 Å². The number of carbonyl (C=O) groups is 1. The van der Waals surface area contributed by atoms with Gasteiger partial charge in [-0.05, 0) is 24.1 Å². The van der Waals surface area contributed by atoms with E-state index >= 15 is 0 Å². The summed E-state index contributed by atoms with van der Waals surface area (Å²) in [5.74, 6) is -0.816. The second kappa shape index (κ2) is 10.1. The third-order valence-electron chi connectivity index (χ3n) is 4.84. The van der Waals surface area contributed by atoms with Crippen LogP contribution >= 0.6 is 11.6 Å².